The van der Waals surface area contributed by atoms with E-state index in [1.54, 1.807) is 0 Å². The summed E-state index contributed by atoms with van der Waals surface area (Å²) in [5, 5.41) is 0. The highest BCUT2D eigenvalue weighted by atomic mass is 32.3. The first kappa shape index (κ1) is 16.8. The molecule has 0 radical (unpaired) electrons. The molecule has 0 saturated carbocycles. The van der Waals surface area contributed by atoms with Crippen LogP contribution >= 0.6 is 0 Å². The van der Waals surface area contributed by atoms with E-state index in [1.165, 1.54) is 6.07 Å². The van der Waals surface area contributed by atoms with Gasteiger partial charge in [-0.2, -0.15) is 38.5 Å². The summed E-state index contributed by atoms with van der Waals surface area (Å²) in [6.45, 7) is 0. The maximum atomic E-state index is 12.4. The Kier molecular flexibility index (Phi) is 4.39. The number of alkyl halides is 6. The number of halogens is 6. The molecule has 0 saturated heterocycles. The number of anilines is 1. The van der Waals surface area contributed by atoms with Crippen LogP contribution in [0.4, 0.5) is 32.0 Å². The molecule has 0 aliphatic heterocycles. The van der Waals surface area contributed by atoms with Crippen molar-refractivity contribution in [1.29, 1.82) is 0 Å². The van der Waals surface area contributed by atoms with Gasteiger partial charge < -0.3 is 0 Å². The van der Waals surface area contributed by atoms with Crippen molar-refractivity contribution in [2.75, 3.05) is 3.71 Å². The molecule has 12 heteroatoms. The lowest BCUT2D eigenvalue weighted by molar-refractivity contribution is -0.0443. The van der Waals surface area contributed by atoms with E-state index in [-0.39, 0.29) is 0 Å². The first-order valence-electron chi connectivity index (χ1n) is 4.54. The smallest absolute Gasteiger partial charge is 0.226 e. The minimum absolute atomic E-state index is 0.660. The van der Waals surface area contributed by atoms with Gasteiger partial charge in [-0.05, 0) is 12.1 Å². The highest BCUT2D eigenvalue weighted by Crippen LogP contribution is 2.36. The lowest BCUT2D eigenvalue weighted by atomic mass is 10.3. The molecule has 1 aromatic rings. The third kappa shape index (κ3) is 3.23. The maximum absolute atomic E-state index is 12.4. The number of sulfonamides is 1. The summed E-state index contributed by atoms with van der Waals surface area (Å²) in [5.74, 6) is 0. The molecular formula is C8H5F6NO3S2. The van der Waals surface area contributed by atoms with Gasteiger partial charge in [-0.3, -0.25) is 0 Å². The van der Waals surface area contributed by atoms with Crippen LogP contribution in [0, 0.1) is 0 Å². The van der Waals surface area contributed by atoms with Crippen LogP contribution in [0.1, 0.15) is 0 Å². The molecule has 0 fully saturated rings. The van der Waals surface area contributed by atoms with Gasteiger partial charge in [0.05, 0.1) is 5.69 Å². The van der Waals surface area contributed by atoms with Gasteiger partial charge in [-0.1, -0.05) is 18.2 Å². The third-order valence-electron chi connectivity index (χ3n) is 1.83. The molecular weight excluding hydrogens is 336 g/mol. The largest absolute Gasteiger partial charge is 0.517 e. The van der Waals surface area contributed by atoms with Gasteiger partial charge in [0.1, 0.15) is 0 Å². The molecule has 1 atom stereocenters. The van der Waals surface area contributed by atoms with Crippen LogP contribution in [0.25, 0.3) is 0 Å². The van der Waals surface area contributed by atoms with Crippen LogP contribution in [0.3, 0.4) is 0 Å². The Morgan fingerprint density at radius 2 is 1.40 bits per heavy atom. The van der Waals surface area contributed by atoms with Crippen molar-refractivity contribution in [3.63, 3.8) is 0 Å². The standard InChI is InChI=1S/C8H5F6NO3S2/c9-7(10,11)19(16)15(6-4-2-1-3-5-6)20(17,18)8(12,13)14/h1-5H. The van der Waals surface area contributed by atoms with E-state index in [1.807, 2.05) is 0 Å². The van der Waals surface area contributed by atoms with Crippen molar-refractivity contribution in [2.45, 2.75) is 11.0 Å². The van der Waals surface area contributed by atoms with Crippen LogP contribution < -0.4 is 3.71 Å². The highest BCUT2D eigenvalue weighted by molar-refractivity contribution is 8.08. The predicted molar refractivity (Wildman–Crippen MR) is 58.1 cm³/mol. The van der Waals surface area contributed by atoms with Gasteiger partial charge in [-0.25, -0.2) is 4.21 Å². The van der Waals surface area contributed by atoms with Gasteiger partial charge >= 0.3 is 21.0 Å². The Labute approximate surface area is 111 Å². The van der Waals surface area contributed by atoms with Crippen LogP contribution in [-0.4, -0.2) is 23.6 Å². The third-order valence-corrected chi connectivity index (χ3v) is 4.96. The molecule has 0 heterocycles. The van der Waals surface area contributed by atoms with E-state index in [9.17, 15) is 39.0 Å². The van der Waals surface area contributed by atoms with Gasteiger partial charge in [0, 0.05) is 0 Å². The van der Waals surface area contributed by atoms with E-state index >= 15 is 0 Å². The van der Waals surface area contributed by atoms with Gasteiger partial charge in [-0.15, -0.1) is 0 Å². The molecule has 1 unspecified atom stereocenters. The summed E-state index contributed by atoms with van der Waals surface area (Å²) in [6.07, 6.45) is 0. The lowest BCUT2D eigenvalue weighted by Gasteiger charge is -2.24. The van der Waals surface area contributed by atoms with Crippen molar-refractivity contribution in [2.24, 2.45) is 0 Å². The molecule has 0 aliphatic rings. The molecule has 1 aromatic carbocycles. The highest BCUT2D eigenvalue weighted by Gasteiger charge is 2.57. The first-order chi connectivity index (χ1) is 8.89. The number of nitrogens with zero attached hydrogens (tertiary/aromatic N) is 1. The van der Waals surface area contributed by atoms with E-state index in [0.717, 1.165) is 12.1 Å². The van der Waals surface area contributed by atoms with Crippen LogP contribution in [0.5, 0.6) is 0 Å². The molecule has 0 aliphatic carbocycles. The zero-order chi connectivity index (χ0) is 15.8. The van der Waals surface area contributed by atoms with Crippen molar-refractivity contribution in [1.82, 2.24) is 0 Å². The normalized spacial score (nSPS) is 14.9. The molecule has 20 heavy (non-hydrogen) atoms. The first-order valence-corrected chi connectivity index (χ1v) is 7.09. The van der Waals surface area contributed by atoms with Crippen molar-refractivity contribution in [3.05, 3.63) is 30.3 Å². The Morgan fingerprint density at radius 3 is 1.75 bits per heavy atom. The number of hydrogen-bond acceptors (Lipinski definition) is 3. The monoisotopic (exact) mass is 341 g/mol. The Morgan fingerprint density at radius 1 is 0.950 bits per heavy atom. The summed E-state index contributed by atoms with van der Waals surface area (Å²) in [7, 11) is -10.9. The summed E-state index contributed by atoms with van der Waals surface area (Å²) in [5.41, 5.74) is -12.7. The molecule has 0 spiro atoms. The van der Waals surface area contributed by atoms with Crippen LogP contribution in [0.2, 0.25) is 0 Å². The van der Waals surface area contributed by atoms with Crippen LogP contribution in [0.15, 0.2) is 30.3 Å². The number of benzene rings is 1. The Balaban J connectivity index is 3.50. The van der Waals surface area contributed by atoms with E-state index in [2.05, 4.69) is 0 Å². The minimum Gasteiger partial charge on any atom is -0.226 e. The van der Waals surface area contributed by atoms with Crippen molar-refractivity contribution < 1.29 is 39.0 Å². The van der Waals surface area contributed by atoms with Gasteiger partial charge in [0.25, 0.3) is 0 Å². The quantitative estimate of drug-likeness (QED) is 0.794. The van der Waals surface area contributed by atoms with E-state index < -0.39 is 41.4 Å². The summed E-state index contributed by atoms with van der Waals surface area (Å²) in [4.78, 5) is 0. The minimum atomic E-state index is -6.46. The number of rotatable bonds is 3. The fraction of sp³-hybridized carbons (Fsp3) is 0.250. The molecule has 1 rings (SSSR count). The average Bonchev–Trinajstić information content (AvgIpc) is 2.27. The predicted octanol–water partition coefficient (Wildman–Crippen LogP) is 2.53. The van der Waals surface area contributed by atoms with Crippen molar-refractivity contribution >= 4 is 26.7 Å². The number of hydrogen-bond donors (Lipinski definition) is 0. The second-order valence-electron chi connectivity index (χ2n) is 3.21. The second kappa shape index (κ2) is 5.24. The molecule has 0 bridgehead atoms. The summed E-state index contributed by atoms with van der Waals surface area (Å²) >= 11 is 0. The van der Waals surface area contributed by atoms with E-state index in [0.29, 0.717) is 12.1 Å². The van der Waals surface area contributed by atoms with Crippen LogP contribution in [-0.2, 0) is 21.0 Å². The fourth-order valence-corrected chi connectivity index (χ4v) is 3.37. The Bertz CT molecular complexity index is 595. The number of para-hydroxylation sites is 1. The fourth-order valence-electron chi connectivity index (χ4n) is 1.06. The van der Waals surface area contributed by atoms with E-state index in [4.69, 9.17) is 0 Å². The molecule has 4 nitrogen and oxygen atoms in total. The topological polar surface area (TPSA) is 54.5 Å². The SMILES string of the molecule is O=S(N(c1ccccc1)S(=O)(=O)C(F)(F)F)C(F)(F)F. The molecule has 0 amide bonds. The lowest BCUT2D eigenvalue weighted by Crippen LogP contribution is -2.46. The second-order valence-corrected chi connectivity index (χ2v) is 6.54. The molecule has 0 aromatic heterocycles. The maximum Gasteiger partial charge on any atom is 0.517 e. The zero-order valence-corrected chi connectivity index (χ0v) is 10.8. The average molecular weight is 341 g/mol. The Hall–Kier alpha value is -1.30. The summed E-state index contributed by atoms with van der Waals surface area (Å²) in [6, 6.07) is 4.56. The van der Waals surface area contributed by atoms with Gasteiger partial charge in [0.15, 0.2) is 0 Å². The van der Waals surface area contributed by atoms with Gasteiger partial charge in [0.2, 0.25) is 11.0 Å². The molecule has 0 N–H and O–H groups in total. The zero-order valence-electron chi connectivity index (χ0n) is 9.14. The molecule has 114 valence electrons. The van der Waals surface area contributed by atoms with Crippen molar-refractivity contribution in [3.8, 4) is 0 Å². The summed E-state index contributed by atoms with van der Waals surface area (Å²) < 4.78 is 106.